The molecule has 1 aliphatic rings. The van der Waals surface area contributed by atoms with Gasteiger partial charge in [-0.2, -0.15) is 0 Å². The maximum Gasteiger partial charge on any atom is 0.118 e. The molecule has 1 unspecified atom stereocenters. The lowest BCUT2D eigenvalue weighted by atomic mass is 9.93. The maximum atomic E-state index is 10.5. The minimum atomic E-state index is -0.404. The van der Waals surface area contributed by atoms with Gasteiger partial charge in [-0.15, -0.1) is 0 Å². The molecular formula is C17H18O2. The molecule has 2 aromatic carbocycles. The average Bonchev–Trinajstić information content (AvgIpc) is 2.90. The number of methoxy groups -OCH3 is 1. The molecule has 0 heterocycles. The molecule has 0 bridgehead atoms. The van der Waals surface area contributed by atoms with Crippen molar-refractivity contribution in [3.05, 3.63) is 65.2 Å². The molecule has 0 saturated heterocycles. The topological polar surface area (TPSA) is 29.5 Å². The summed E-state index contributed by atoms with van der Waals surface area (Å²) >= 11 is 0. The van der Waals surface area contributed by atoms with Gasteiger partial charge in [0.15, 0.2) is 0 Å². The van der Waals surface area contributed by atoms with Crippen molar-refractivity contribution in [1.82, 2.24) is 0 Å². The Bertz CT molecular complexity index is 535. The second-order valence-corrected chi connectivity index (χ2v) is 5.16. The molecule has 2 heteroatoms. The molecule has 0 aromatic heterocycles. The number of rotatable bonds is 3. The molecule has 0 spiro atoms. The van der Waals surface area contributed by atoms with Crippen LogP contribution < -0.4 is 4.74 Å². The van der Waals surface area contributed by atoms with Crippen LogP contribution in [0.4, 0.5) is 0 Å². The largest absolute Gasteiger partial charge is 0.497 e. The maximum absolute atomic E-state index is 10.5. The Kier molecular flexibility index (Phi) is 3.26. The summed E-state index contributed by atoms with van der Waals surface area (Å²) in [5.74, 6) is 1.11. The second-order valence-electron chi connectivity index (χ2n) is 5.16. The molecule has 0 amide bonds. The minimum Gasteiger partial charge on any atom is -0.497 e. The van der Waals surface area contributed by atoms with Gasteiger partial charge in [0.25, 0.3) is 0 Å². The summed E-state index contributed by atoms with van der Waals surface area (Å²) in [5, 5.41) is 10.5. The monoisotopic (exact) mass is 254 g/mol. The molecular weight excluding hydrogens is 236 g/mol. The zero-order valence-electron chi connectivity index (χ0n) is 11.0. The van der Waals surface area contributed by atoms with E-state index in [-0.39, 0.29) is 5.92 Å². The average molecular weight is 254 g/mol. The molecule has 2 aromatic rings. The molecule has 1 aliphatic carbocycles. The number of aliphatic hydroxyl groups excluding tert-OH is 1. The summed E-state index contributed by atoms with van der Waals surface area (Å²) in [6.45, 7) is 0. The SMILES string of the molecule is COc1ccc(C(O)C2Cc3ccccc3C2)cc1. The molecule has 3 rings (SSSR count). The predicted octanol–water partition coefficient (Wildman–Crippen LogP) is 3.14. The fourth-order valence-electron chi connectivity index (χ4n) is 2.89. The van der Waals surface area contributed by atoms with Crippen LogP contribution in [-0.4, -0.2) is 12.2 Å². The van der Waals surface area contributed by atoms with Gasteiger partial charge < -0.3 is 9.84 Å². The Morgan fingerprint density at radius 1 is 1.00 bits per heavy atom. The summed E-state index contributed by atoms with van der Waals surface area (Å²) in [6, 6.07) is 16.2. The van der Waals surface area contributed by atoms with Crippen LogP contribution in [0.25, 0.3) is 0 Å². The third kappa shape index (κ3) is 2.36. The summed E-state index contributed by atoms with van der Waals surface area (Å²) in [7, 11) is 1.65. The lowest BCUT2D eigenvalue weighted by molar-refractivity contribution is 0.113. The van der Waals surface area contributed by atoms with Crippen LogP contribution in [0.15, 0.2) is 48.5 Å². The molecule has 0 aliphatic heterocycles. The quantitative estimate of drug-likeness (QED) is 0.911. The highest BCUT2D eigenvalue weighted by Gasteiger charge is 2.28. The Hall–Kier alpha value is -1.80. The first-order valence-electron chi connectivity index (χ1n) is 6.66. The van der Waals surface area contributed by atoms with E-state index in [9.17, 15) is 5.11 Å². The van der Waals surface area contributed by atoms with E-state index in [2.05, 4.69) is 24.3 Å². The van der Waals surface area contributed by atoms with Crippen LogP contribution in [-0.2, 0) is 12.8 Å². The van der Waals surface area contributed by atoms with E-state index in [1.54, 1.807) is 7.11 Å². The highest BCUT2D eigenvalue weighted by atomic mass is 16.5. The summed E-state index contributed by atoms with van der Waals surface area (Å²) < 4.78 is 5.14. The number of aliphatic hydroxyl groups is 1. The first-order chi connectivity index (χ1) is 9.28. The van der Waals surface area contributed by atoms with Gasteiger partial charge in [-0.05, 0) is 47.6 Å². The van der Waals surface area contributed by atoms with E-state index in [1.165, 1.54) is 11.1 Å². The van der Waals surface area contributed by atoms with Gasteiger partial charge in [-0.25, -0.2) is 0 Å². The van der Waals surface area contributed by atoms with Gasteiger partial charge in [0.05, 0.1) is 13.2 Å². The van der Waals surface area contributed by atoms with E-state index in [4.69, 9.17) is 4.74 Å². The van der Waals surface area contributed by atoms with Crippen molar-refractivity contribution >= 4 is 0 Å². The zero-order chi connectivity index (χ0) is 13.2. The fourth-order valence-corrected chi connectivity index (χ4v) is 2.89. The van der Waals surface area contributed by atoms with E-state index in [1.807, 2.05) is 24.3 Å². The lowest BCUT2D eigenvalue weighted by Gasteiger charge is -2.18. The Balaban J connectivity index is 1.77. The van der Waals surface area contributed by atoms with Gasteiger partial charge in [-0.3, -0.25) is 0 Å². The number of benzene rings is 2. The highest BCUT2D eigenvalue weighted by molar-refractivity contribution is 5.34. The van der Waals surface area contributed by atoms with Crippen molar-refractivity contribution < 1.29 is 9.84 Å². The van der Waals surface area contributed by atoms with E-state index >= 15 is 0 Å². The lowest BCUT2D eigenvalue weighted by Crippen LogP contribution is -2.12. The Labute approximate surface area is 113 Å². The third-order valence-corrected chi connectivity index (χ3v) is 3.99. The number of hydrogen-bond donors (Lipinski definition) is 1. The highest BCUT2D eigenvalue weighted by Crippen LogP contribution is 2.35. The number of ether oxygens (including phenoxy) is 1. The van der Waals surface area contributed by atoms with E-state index in [0.29, 0.717) is 0 Å². The second kappa shape index (κ2) is 5.06. The normalized spacial score (nSPS) is 16.1. The van der Waals surface area contributed by atoms with Crippen molar-refractivity contribution in [2.24, 2.45) is 5.92 Å². The summed E-state index contributed by atoms with van der Waals surface area (Å²) in [4.78, 5) is 0. The Morgan fingerprint density at radius 2 is 1.58 bits per heavy atom. The minimum absolute atomic E-state index is 0.283. The molecule has 19 heavy (non-hydrogen) atoms. The first kappa shape index (κ1) is 12.2. The molecule has 0 fully saturated rings. The van der Waals surface area contributed by atoms with Crippen LogP contribution in [0.3, 0.4) is 0 Å². The fraction of sp³-hybridized carbons (Fsp3) is 0.294. The van der Waals surface area contributed by atoms with Gasteiger partial charge in [-0.1, -0.05) is 36.4 Å². The predicted molar refractivity (Wildman–Crippen MR) is 75.3 cm³/mol. The number of hydrogen-bond acceptors (Lipinski definition) is 2. The van der Waals surface area contributed by atoms with E-state index < -0.39 is 6.10 Å². The van der Waals surface area contributed by atoms with Crippen LogP contribution in [0.1, 0.15) is 22.8 Å². The van der Waals surface area contributed by atoms with Crippen molar-refractivity contribution in [2.45, 2.75) is 18.9 Å². The summed E-state index contributed by atoms with van der Waals surface area (Å²) in [5.41, 5.74) is 3.72. The summed E-state index contributed by atoms with van der Waals surface area (Å²) in [6.07, 6.45) is 1.52. The molecule has 1 N–H and O–H groups in total. The molecule has 2 nitrogen and oxygen atoms in total. The van der Waals surface area contributed by atoms with Crippen LogP contribution in [0.5, 0.6) is 5.75 Å². The molecule has 0 saturated carbocycles. The molecule has 0 radical (unpaired) electrons. The van der Waals surface area contributed by atoms with Crippen LogP contribution in [0, 0.1) is 5.92 Å². The smallest absolute Gasteiger partial charge is 0.118 e. The standard InChI is InChI=1S/C17H18O2/c1-19-16-8-6-12(7-9-16)17(18)15-10-13-4-2-3-5-14(13)11-15/h2-9,15,17-18H,10-11H2,1H3. The van der Waals surface area contributed by atoms with Gasteiger partial charge in [0.1, 0.15) is 5.75 Å². The van der Waals surface area contributed by atoms with Crippen LogP contribution >= 0.6 is 0 Å². The van der Waals surface area contributed by atoms with Crippen molar-refractivity contribution in [1.29, 1.82) is 0 Å². The van der Waals surface area contributed by atoms with Crippen molar-refractivity contribution in [3.63, 3.8) is 0 Å². The third-order valence-electron chi connectivity index (χ3n) is 3.99. The van der Waals surface area contributed by atoms with E-state index in [0.717, 1.165) is 24.2 Å². The zero-order valence-corrected chi connectivity index (χ0v) is 11.0. The first-order valence-corrected chi connectivity index (χ1v) is 6.66. The van der Waals surface area contributed by atoms with Crippen molar-refractivity contribution in [3.8, 4) is 5.75 Å². The molecule has 98 valence electrons. The van der Waals surface area contributed by atoms with Gasteiger partial charge >= 0.3 is 0 Å². The number of fused-ring (bicyclic) bond motifs is 1. The van der Waals surface area contributed by atoms with Gasteiger partial charge in [0.2, 0.25) is 0 Å². The Morgan fingerprint density at radius 3 is 2.11 bits per heavy atom. The molecule has 1 atom stereocenters. The van der Waals surface area contributed by atoms with Crippen molar-refractivity contribution in [2.75, 3.05) is 7.11 Å². The van der Waals surface area contributed by atoms with Gasteiger partial charge in [0, 0.05) is 0 Å². The van der Waals surface area contributed by atoms with Crippen LogP contribution in [0.2, 0.25) is 0 Å².